The molecule has 0 spiro atoms. The van der Waals surface area contributed by atoms with Gasteiger partial charge in [-0.05, 0) is 63.8 Å². The normalized spacial score (nSPS) is 11.3. The number of amides is 1. The van der Waals surface area contributed by atoms with E-state index in [0.717, 1.165) is 10.0 Å². The van der Waals surface area contributed by atoms with Gasteiger partial charge >= 0.3 is 0 Å². The number of ether oxygens (including phenoxy) is 1. The summed E-state index contributed by atoms with van der Waals surface area (Å²) in [7, 11) is -3.73. The van der Waals surface area contributed by atoms with Gasteiger partial charge in [-0.3, -0.25) is 9.52 Å². The monoisotopic (exact) mass is 509 g/mol. The second kappa shape index (κ2) is 9.59. The van der Waals surface area contributed by atoms with Crippen LogP contribution in [0.25, 0.3) is 0 Å². The molecule has 1 amide bonds. The van der Waals surface area contributed by atoms with Crippen LogP contribution in [-0.2, 0) is 14.8 Å². The highest BCUT2D eigenvalue weighted by molar-refractivity contribution is 9.10. The van der Waals surface area contributed by atoms with Crippen LogP contribution in [-0.4, -0.2) is 25.9 Å². The van der Waals surface area contributed by atoms with Crippen LogP contribution < -0.4 is 14.8 Å². The van der Waals surface area contributed by atoms with Crippen LogP contribution in [0.3, 0.4) is 0 Å². The molecule has 10 heteroatoms. The number of thiazole rings is 1. The molecule has 1 aromatic heterocycles. The van der Waals surface area contributed by atoms with Crippen LogP contribution in [0.1, 0.15) is 25.3 Å². The summed E-state index contributed by atoms with van der Waals surface area (Å²) in [5.74, 6) is 0.609. The van der Waals surface area contributed by atoms with Crippen molar-refractivity contribution in [1.82, 2.24) is 4.98 Å². The van der Waals surface area contributed by atoms with Crippen LogP contribution in [0.15, 0.2) is 63.4 Å². The fourth-order valence-corrected chi connectivity index (χ4v) is 4.80. The van der Waals surface area contributed by atoms with Crippen LogP contribution in [0.2, 0.25) is 0 Å². The summed E-state index contributed by atoms with van der Waals surface area (Å²) in [4.78, 5) is 16.1. The van der Waals surface area contributed by atoms with Crippen molar-refractivity contribution in [3.63, 3.8) is 0 Å². The Hall–Kier alpha value is -2.43. The maximum Gasteiger partial charge on any atom is 0.263 e. The lowest BCUT2D eigenvalue weighted by molar-refractivity contribution is -0.118. The SMILES string of the molecule is CC(C)c1ccc(OCC(=O)Nc2ccc(S(=O)(=O)Nc3nccs3)cc2)c(Br)c1. The highest BCUT2D eigenvalue weighted by Gasteiger charge is 2.15. The molecule has 0 fully saturated rings. The lowest BCUT2D eigenvalue weighted by Crippen LogP contribution is -2.20. The summed E-state index contributed by atoms with van der Waals surface area (Å²) in [5, 5.41) is 4.65. The van der Waals surface area contributed by atoms with Gasteiger partial charge in [0.1, 0.15) is 5.75 Å². The fourth-order valence-electron chi connectivity index (χ4n) is 2.50. The third-order valence-electron chi connectivity index (χ3n) is 4.08. The largest absolute Gasteiger partial charge is 0.483 e. The predicted molar refractivity (Wildman–Crippen MR) is 122 cm³/mol. The molecule has 0 saturated carbocycles. The molecule has 0 unspecified atom stereocenters. The van der Waals surface area contributed by atoms with Crippen LogP contribution in [0, 0.1) is 0 Å². The van der Waals surface area contributed by atoms with Crippen molar-refractivity contribution in [2.75, 3.05) is 16.6 Å². The van der Waals surface area contributed by atoms with E-state index < -0.39 is 10.0 Å². The van der Waals surface area contributed by atoms with Gasteiger partial charge in [0.05, 0.1) is 9.37 Å². The summed E-state index contributed by atoms with van der Waals surface area (Å²) in [5.41, 5.74) is 1.63. The van der Waals surface area contributed by atoms with Crippen molar-refractivity contribution in [3.8, 4) is 5.75 Å². The van der Waals surface area contributed by atoms with Gasteiger partial charge in [-0.2, -0.15) is 0 Å². The number of nitrogens with zero attached hydrogens (tertiary/aromatic N) is 1. The first-order valence-corrected chi connectivity index (χ1v) is 12.1. The van der Waals surface area contributed by atoms with E-state index in [-0.39, 0.29) is 22.5 Å². The quantitative estimate of drug-likeness (QED) is 0.452. The number of hydrogen-bond donors (Lipinski definition) is 2. The number of aromatic nitrogens is 1. The molecular formula is C20H20BrN3O4S2. The Balaban J connectivity index is 1.57. The van der Waals surface area contributed by atoms with E-state index in [2.05, 4.69) is 44.8 Å². The number of hydrogen-bond acceptors (Lipinski definition) is 6. The molecule has 2 N–H and O–H groups in total. The maximum atomic E-state index is 12.3. The van der Waals surface area contributed by atoms with E-state index in [0.29, 0.717) is 17.4 Å². The first-order valence-electron chi connectivity index (χ1n) is 8.99. The Morgan fingerprint density at radius 3 is 2.53 bits per heavy atom. The van der Waals surface area contributed by atoms with Crippen molar-refractivity contribution < 1.29 is 17.9 Å². The predicted octanol–water partition coefficient (Wildman–Crippen LogP) is 4.85. The van der Waals surface area contributed by atoms with Crippen LogP contribution >= 0.6 is 27.3 Å². The van der Waals surface area contributed by atoms with E-state index in [1.807, 2.05) is 18.2 Å². The topological polar surface area (TPSA) is 97.4 Å². The molecule has 1 heterocycles. The molecule has 0 aliphatic rings. The molecule has 0 atom stereocenters. The number of anilines is 2. The van der Waals surface area contributed by atoms with Gasteiger partial charge in [-0.1, -0.05) is 19.9 Å². The fraction of sp³-hybridized carbons (Fsp3) is 0.200. The average Bonchev–Trinajstić information content (AvgIpc) is 3.19. The minimum Gasteiger partial charge on any atom is -0.483 e. The highest BCUT2D eigenvalue weighted by Crippen LogP contribution is 2.29. The van der Waals surface area contributed by atoms with Crippen molar-refractivity contribution in [1.29, 1.82) is 0 Å². The third-order valence-corrected chi connectivity index (χ3v) is 6.88. The Kier molecular flexibility index (Phi) is 7.11. The second-order valence-electron chi connectivity index (χ2n) is 6.65. The highest BCUT2D eigenvalue weighted by atomic mass is 79.9. The van der Waals surface area contributed by atoms with Crippen LogP contribution in [0.4, 0.5) is 10.8 Å². The number of carbonyl (C=O) groups excluding carboxylic acids is 1. The Morgan fingerprint density at radius 2 is 1.93 bits per heavy atom. The molecule has 0 saturated heterocycles. The number of halogens is 1. The summed E-state index contributed by atoms with van der Waals surface area (Å²) in [6.07, 6.45) is 1.51. The lowest BCUT2D eigenvalue weighted by atomic mass is 10.0. The van der Waals surface area contributed by atoms with E-state index in [1.165, 1.54) is 41.8 Å². The molecule has 3 aromatic rings. The Morgan fingerprint density at radius 1 is 1.20 bits per heavy atom. The molecule has 2 aromatic carbocycles. The number of carbonyl (C=O) groups is 1. The minimum absolute atomic E-state index is 0.0705. The Bertz CT molecular complexity index is 1120. The number of benzene rings is 2. The smallest absolute Gasteiger partial charge is 0.263 e. The average molecular weight is 510 g/mol. The van der Waals surface area contributed by atoms with Gasteiger partial charge in [0, 0.05) is 17.3 Å². The molecule has 0 aliphatic heterocycles. The van der Waals surface area contributed by atoms with E-state index in [9.17, 15) is 13.2 Å². The van der Waals surface area contributed by atoms with Crippen molar-refractivity contribution in [2.24, 2.45) is 0 Å². The minimum atomic E-state index is -3.73. The zero-order chi connectivity index (χ0) is 21.7. The second-order valence-corrected chi connectivity index (χ2v) is 10.1. The standard InChI is InChI=1S/C20H20BrN3O4S2/c1-13(2)14-3-8-18(17(21)11-14)28-12-19(25)23-15-4-6-16(7-5-15)30(26,27)24-20-22-9-10-29-20/h3-11,13H,12H2,1-2H3,(H,22,24)(H,23,25). The van der Waals surface area contributed by atoms with Gasteiger partial charge in [-0.15, -0.1) is 11.3 Å². The van der Waals surface area contributed by atoms with Gasteiger partial charge in [0.2, 0.25) is 0 Å². The molecule has 0 bridgehead atoms. The van der Waals surface area contributed by atoms with Crippen molar-refractivity contribution in [2.45, 2.75) is 24.7 Å². The molecule has 0 aliphatic carbocycles. The van der Waals surface area contributed by atoms with Gasteiger partial charge in [0.15, 0.2) is 11.7 Å². The molecule has 7 nitrogen and oxygen atoms in total. The molecule has 0 radical (unpaired) electrons. The molecule has 30 heavy (non-hydrogen) atoms. The molecule has 3 rings (SSSR count). The van der Waals surface area contributed by atoms with Gasteiger partial charge in [0.25, 0.3) is 15.9 Å². The summed E-state index contributed by atoms with van der Waals surface area (Å²) in [6, 6.07) is 11.6. The van der Waals surface area contributed by atoms with E-state index in [4.69, 9.17) is 4.74 Å². The van der Waals surface area contributed by atoms with Crippen LogP contribution in [0.5, 0.6) is 5.75 Å². The van der Waals surface area contributed by atoms with E-state index in [1.54, 1.807) is 5.38 Å². The maximum absolute atomic E-state index is 12.3. The van der Waals surface area contributed by atoms with Crippen molar-refractivity contribution in [3.05, 3.63) is 64.1 Å². The lowest BCUT2D eigenvalue weighted by Gasteiger charge is -2.12. The summed E-state index contributed by atoms with van der Waals surface area (Å²) in [6.45, 7) is 4.02. The van der Waals surface area contributed by atoms with Gasteiger partial charge in [-0.25, -0.2) is 13.4 Å². The zero-order valence-electron chi connectivity index (χ0n) is 16.3. The van der Waals surface area contributed by atoms with Crippen molar-refractivity contribution >= 4 is 54.0 Å². The third kappa shape index (κ3) is 5.80. The molecule has 158 valence electrons. The Labute approximate surface area is 187 Å². The van der Waals surface area contributed by atoms with Gasteiger partial charge < -0.3 is 10.1 Å². The summed E-state index contributed by atoms with van der Waals surface area (Å²) >= 11 is 4.64. The number of rotatable bonds is 8. The molecular weight excluding hydrogens is 490 g/mol. The number of sulfonamides is 1. The zero-order valence-corrected chi connectivity index (χ0v) is 19.5. The number of nitrogens with one attached hydrogen (secondary N) is 2. The summed E-state index contributed by atoms with van der Waals surface area (Å²) < 4.78 is 33.4. The first kappa shape index (κ1) is 22.3. The first-order chi connectivity index (χ1) is 14.2. The van der Waals surface area contributed by atoms with E-state index >= 15 is 0 Å².